The third-order valence-corrected chi connectivity index (χ3v) is 4.14. The summed E-state index contributed by atoms with van der Waals surface area (Å²) in [4.78, 5) is 25.5. The Labute approximate surface area is 140 Å². The number of methoxy groups -OCH3 is 1. The molecule has 22 heavy (non-hydrogen) atoms. The summed E-state index contributed by atoms with van der Waals surface area (Å²) in [5, 5.41) is 10.4. The van der Waals surface area contributed by atoms with Crippen molar-refractivity contribution in [3.05, 3.63) is 30.6 Å². The van der Waals surface area contributed by atoms with Gasteiger partial charge in [0.1, 0.15) is 18.3 Å². The van der Waals surface area contributed by atoms with Crippen molar-refractivity contribution in [3.8, 4) is 0 Å². The zero-order valence-electron chi connectivity index (χ0n) is 12.5. The number of ether oxygens (including phenoxy) is 3. The minimum atomic E-state index is -1.05. The van der Waals surface area contributed by atoms with Crippen LogP contribution in [0.5, 0.6) is 0 Å². The van der Waals surface area contributed by atoms with E-state index < -0.39 is 35.8 Å². The van der Waals surface area contributed by atoms with Gasteiger partial charge < -0.3 is 19.3 Å². The Morgan fingerprint density at radius 2 is 2.18 bits per heavy atom. The van der Waals surface area contributed by atoms with E-state index in [1.54, 1.807) is 0 Å². The second-order valence-corrected chi connectivity index (χ2v) is 6.44. The molecule has 0 amide bonds. The van der Waals surface area contributed by atoms with Crippen molar-refractivity contribution >= 4 is 22.6 Å². The maximum atomic E-state index is 11.9. The summed E-state index contributed by atoms with van der Waals surface area (Å²) >= 11 is 1.81. The molecule has 0 spiro atoms. The van der Waals surface area contributed by atoms with Crippen molar-refractivity contribution in [2.75, 3.05) is 13.7 Å². The predicted octanol–water partition coefficient (Wildman–Crippen LogP) is -0.161. The van der Waals surface area contributed by atoms with Gasteiger partial charge in [-0.2, -0.15) is 0 Å². The van der Waals surface area contributed by atoms with Gasteiger partial charge in [-0.15, -0.1) is 0 Å². The average molecular weight is 426 g/mol. The molecule has 1 aromatic rings. The van der Waals surface area contributed by atoms with E-state index in [1.807, 2.05) is 36.4 Å². The molecule has 1 unspecified atom stereocenters. The highest BCUT2D eigenvalue weighted by atomic mass is 127. The van der Waals surface area contributed by atoms with E-state index >= 15 is 0 Å². The van der Waals surface area contributed by atoms with Crippen LogP contribution in [-0.2, 0) is 14.2 Å². The Morgan fingerprint density at radius 1 is 1.50 bits per heavy atom. The first kappa shape index (κ1) is 17.6. The Kier molecular flexibility index (Phi) is 5.77. The molecule has 9 heteroatoms. The Hall–Kier alpha value is -0.750. The normalized spacial score (nSPS) is 28.5. The third kappa shape index (κ3) is 3.59. The summed E-state index contributed by atoms with van der Waals surface area (Å²) in [6, 6.07) is 0. The summed E-state index contributed by atoms with van der Waals surface area (Å²) in [6.45, 7) is 4.01. The summed E-state index contributed by atoms with van der Waals surface area (Å²) < 4.78 is 18.0. The molecule has 1 aliphatic rings. The molecule has 124 valence electrons. The zero-order valence-corrected chi connectivity index (χ0v) is 14.6. The number of halogens is 1. The molecule has 4 atom stereocenters. The molecule has 0 aromatic carbocycles. The first-order valence-corrected chi connectivity index (χ1v) is 7.92. The zero-order chi connectivity index (χ0) is 16.4. The van der Waals surface area contributed by atoms with Gasteiger partial charge in [-0.05, 0) is 36.4 Å². The van der Waals surface area contributed by atoms with Gasteiger partial charge in [-0.1, -0.05) is 0 Å². The molecule has 8 nitrogen and oxygen atoms in total. The standard InChI is InChI=1S/C13H19IN2O6/c1-6(2)21-5-8-10(20-3)9(17)12(22-8)16-4-7(14)11(18)15-13(16)19/h4,6,8-10,12,17H,5H2,1-3H3,(H,15,18,19)/t8-,9?,10+,12-/m1/s1. The largest absolute Gasteiger partial charge is 0.386 e. The number of hydrogen-bond donors (Lipinski definition) is 2. The molecule has 2 rings (SSSR count). The van der Waals surface area contributed by atoms with Crippen LogP contribution >= 0.6 is 22.6 Å². The molecule has 0 radical (unpaired) electrons. The number of nitrogens with one attached hydrogen (secondary N) is 1. The van der Waals surface area contributed by atoms with Gasteiger partial charge in [0.15, 0.2) is 6.23 Å². The smallest absolute Gasteiger partial charge is 0.330 e. The molecular formula is C13H19IN2O6. The number of aromatic amines is 1. The first-order valence-electron chi connectivity index (χ1n) is 6.84. The number of aliphatic hydroxyl groups is 1. The molecule has 1 aliphatic heterocycles. The van der Waals surface area contributed by atoms with Crippen LogP contribution in [0.2, 0.25) is 0 Å². The van der Waals surface area contributed by atoms with Gasteiger partial charge >= 0.3 is 5.69 Å². The van der Waals surface area contributed by atoms with E-state index in [9.17, 15) is 14.7 Å². The van der Waals surface area contributed by atoms with Gasteiger partial charge in [0.2, 0.25) is 0 Å². The summed E-state index contributed by atoms with van der Waals surface area (Å²) in [5.41, 5.74) is -1.12. The van der Waals surface area contributed by atoms with Crippen LogP contribution in [0.1, 0.15) is 20.1 Å². The quantitative estimate of drug-likeness (QED) is 0.635. The Bertz CT molecular complexity index is 628. The summed E-state index contributed by atoms with van der Waals surface area (Å²) in [6.07, 6.45) is -1.76. The Balaban J connectivity index is 2.27. The van der Waals surface area contributed by atoms with Gasteiger partial charge in [0.25, 0.3) is 5.56 Å². The molecule has 2 heterocycles. The lowest BCUT2D eigenvalue weighted by atomic mass is 10.1. The lowest BCUT2D eigenvalue weighted by molar-refractivity contribution is -0.0815. The number of nitrogens with zero attached hydrogens (tertiary/aromatic N) is 1. The molecule has 1 fully saturated rings. The average Bonchev–Trinajstić information content (AvgIpc) is 2.76. The fourth-order valence-electron chi connectivity index (χ4n) is 2.31. The maximum absolute atomic E-state index is 11.9. The fraction of sp³-hybridized carbons (Fsp3) is 0.692. The second kappa shape index (κ2) is 7.21. The van der Waals surface area contributed by atoms with E-state index in [4.69, 9.17) is 14.2 Å². The maximum Gasteiger partial charge on any atom is 0.330 e. The third-order valence-electron chi connectivity index (χ3n) is 3.37. The van der Waals surface area contributed by atoms with Crippen LogP contribution in [0.4, 0.5) is 0 Å². The van der Waals surface area contributed by atoms with Crippen LogP contribution in [0.15, 0.2) is 15.8 Å². The summed E-state index contributed by atoms with van der Waals surface area (Å²) in [5.74, 6) is 0. The van der Waals surface area contributed by atoms with Gasteiger partial charge in [0, 0.05) is 13.3 Å². The van der Waals surface area contributed by atoms with E-state index in [1.165, 1.54) is 13.3 Å². The minimum absolute atomic E-state index is 0.00838. The van der Waals surface area contributed by atoms with Gasteiger partial charge in [-0.3, -0.25) is 14.3 Å². The van der Waals surface area contributed by atoms with E-state index in [-0.39, 0.29) is 12.7 Å². The van der Waals surface area contributed by atoms with E-state index in [2.05, 4.69) is 4.98 Å². The number of H-pyrrole nitrogens is 1. The van der Waals surface area contributed by atoms with Gasteiger partial charge in [-0.25, -0.2) is 4.79 Å². The van der Waals surface area contributed by atoms with Crippen LogP contribution in [0, 0.1) is 3.57 Å². The van der Waals surface area contributed by atoms with Crippen molar-refractivity contribution in [2.45, 2.75) is 44.5 Å². The van der Waals surface area contributed by atoms with Gasteiger partial charge in [0.05, 0.1) is 16.3 Å². The molecule has 1 saturated heterocycles. The Morgan fingerprint density at radius 3 is 2.77 bits per heavy atom. The highest BCUT2D eigenvalue weighted by Crippen LogP contribution is 2.30. The molecule has 1 aromatic heterocycles. The summed E-state index contributed by atoms with van der Waals surface area (Å²) in [7, 11) is 1.46. The van der Waals surface area contributed by atoms with E-state index in [0.29, 0.717) is 3.57 Å². The molecule has 0 bridgehead atoms. The highest BCUT2D eigenvalue weighted by Gasteiger charge is 2.45. The lowest BCUT2D eigenvalue weighted by Crippen LogP contribution is -2.39. The SMILES string of the molecule is CO[C@@H]1C(O)[C@H](n2cc(I)c(=O)[nH]c2=O)O[C@@H]1COC(C)C. The van der Waals surface area contributed by atoms with Crippen LogP contribution < -0.4 is 11.2 Å². The van der Waals surface area contributed by atoms with Crippen molar-refractivity contribution < 1.29 is 19.3 Å². The van der Waals surface area contributed by atoms with Crippen LogP contribution in [0.3, 0.4) is 0 Å². The van der Waals surface area contributed by atoms with Crippen molar-refractivity contribution in [3.63, 3.8) is 0 Å². The topological polar surface area (TPSA) is 103 Å². The number of hydrogen-bond acceptors (Lipinski definition) is 6. The number of rotatable bonds is 5. The van der Waals surface area contributed by atoms with E-state index in [0.717, 1.165) is 4.57 Å². The molecule has 2 N–H and O–H groups in total. The van der Waals surface area contributed by atoms with Crippen LogP contribution in [0.25, 0.3) is 0 Å². The molecule has 0 aliphatic carbocycles. The van der Waals surface area contributed by atoms with Crippen molar-refractivity contribution in [1.82, 2.24) is 9.55 Å². The molecule has 0 saturated carbocycles. The second-order valence-electron chi connectivity index (χ2n) is 5.28. The fourth-order valence-corrected chi connectivity index (χ4v) is 2.75. The minimum Gasteiger partial charge on any atom is -0.386 e. The number of aliphatic hydroxyl groups excluding tert-OH is 1. The number of aromatic nitrogens is 2. The predicted molar refractivity (Wildman–Crippen MR) is 85.8 cm³/mol. The monoisotopic (exact) mass is 426 g/mol. The van der Waals surface area contributed by atoms with Crippen molar-refractivity contribution in [1.29, 1.82) is 0 Å². The van der Waals surface area contributed by atoms with Crippen LogP contribution in [-0.4, -0.2) is 52.8 Å². The highest BCUT2D eigenvalue weighted by molar-refractivity contribution is 14.1. The van der Waals surface area contributed by atoms with Crippen molar-refractivity contribution in [2.24, 2.45) is 0 Å². The first-order chi connectivity index (χ1) is 10.3. The lowest BCUT2D eigenvalue weighted by Gasteiger charge is -2.19. The molecular weight excluding hydrogens is 407 g/mol.